The van der Waals surface area contributed by atoms with Crippen LogP contribution in [0.4, 0.5) is 0 Å². The molecular formula is C11H11Cl2NO4. The van der Waals surface area contributed by atoms with Crippen molar-refractivity contribution in [1.82, 2.24) is 0 Å². The lowest BCUT2D eigenvalue weighted by atomic mass is 9.94. The normalized spacial score (nSPS) is 13.8. The standard InChI is InChI=1S/C11H11Cl2NO4/c1-6(10(14(16)17)11(15)18-2)7-3-4-8(12)9(13)5-7/h3-6,10H,1-2H3. The van der Waals surface area contributed by atoms with Crippen LogP contribution in [0, 0.1) is 10.1 Å². The van der Waals surface area contributed by atoms with Crippen molar-refractivity contribution in [3.8, 4) is 0 Å². The number of carbonyl (C=O) groups excluding carboxylic acids is 1. The molecule has 7 heteroatoms. The molecule has 0 saturated heterocycles. The van der Waals surface area contributed by atoms with E-state index in [0.29, 0.717) is 10.6 Å². The van der Waals surface area contributed by atoms with Crippen LogP contribution in [0.5, 0.6) is 0 Å². The molecule has 0 aromatic heterocycles. The summed E-state index contributed by atoms with van der Waals surface area (Å²) in [5.41, 5.74) is 0.552. The van der Waals surface area contributed by atoms with Gasteiger partial charge in [-0.1, -0.05) is 36.2 Å². The monoisotopic (exact) mass is 291 g/mol. The summed E-state index contributed by atoms with van der Waals surface area (Å²) in [5.74, 6) is -1.55. The predicted molar refractivity (Wildman–Crippen MR) is 67.7 cm³/mol. The van der Waals surface area contributed by atoms with Gasteiger partial charge in [-0.15, -0.1) is 0 Å². The highest BCUT2D eigenvalue weighted by Gasteiger charge is 2.38. The fourth-order valence-electron chi connectivity index (χ4n) is 1.57. The van der Waals surface area contributed by atoms with Crippen LogP contribution < -0.4 is 0 Å². The molecule has 5 nitrogen and oxygen atoms in total. The van der Waals surface area contributed by atoms with E-state index in [4.69, 9.17) is 23.2 Å². The first-order valence-corrected chi connectivity index (χ1v) is 5.80. The third kappa shape index (κ3) is 3.11. The van der Waals surface area contributed by atoms with Crippen molar-refractivity contribution in [2.45, 2.75) is 18.9 Å². The number of esters is 1. The fraction of sp³-hybridized carbons (Fsp3) is 0.364. The molecule has 0 saturated carbocycles. The van der Waals surface area contributed by atoms with Crippen molar-refractivity contribution >= 4 is 29.2 Å². The van der Waals surface area contributed by atoms with E-state index in [9.17, 15) is 14.9 Å². The highest BCUT2D eigenvalue weighted by molar-refractivity contribution is 6.42. The van der Waals surface area contributed by atoms with Gasteiger partial charge in [-0.2, -0.15) is 0 Å². The molecule has 0 aliphatic heterocycles. The second-order valence-corrected chi connectivity index (χ2v) is 4.53. The predicted octanol–water partition coefficient (Wildman–Crippen LogP) is 2.92. The molecule has 0 amide bonds. The Balaban J connectivity index is 3.09. The summed E-state index contributed by atoms with van der Waals surface area (Å²) in [5, 5.41) is 11.5. The summed E-state index contributed by atoms with van der Waals surface area (Å²) >= 11 is 11.6. The van der Waals surface area contributed by atoms with Gasteiger partial charge in [0.15, 0.2) is 0 Å². The Morgan fingerprint density at radius 2 is 2.00 bits per heavy atom. The first kappa shape index (κ1) is 14.7. The van der Waals surface area contributed by atoms with E-state index in [1.807, 2.05) is 0 Å². The fourth-order valence-corrected chi connectivity index (χ4v) is 1.88. The van der Waals surface area contributed by atoms with Gasteiger partial charge in [0.1, 0.15) is 0 Å². The van der Waals surface area contributed by atoms with Crippen LogP contribution in [0.1, 0.15) is 18.4 Å². The number of methoxy groups -OCH3 is 1. The SMILES string of the molecule is COC(=O)C(C(C)c1ccc(Cl)c(Cl)c1)[N+](=O)[O-]. The van der Waals surface area contributed by atoms with Gasteiger partial charge in [0.25, 0.3) is 0 Å². The zero-order valence-corrected chi connectivity index (χ0v) is 11.2. The summed E-state index contributed by atoms with van der Waals surface area (Å²) < 4.78 is 4.43. The molecule has 0 bridgehead atoms. The molecule has 2 atom stereocenters. The van der Waals surface area contributed by atoms with Gasteiger partial charge in [-0.05, 0) is 17.7 Å². The first-order valence-electron chi connectivity index (χ1n) is 5.04. The first-order chi connectivity index (χ1) is 8.38. The average molecular weight is 292 g/mol. The summed E-state index contributed by atoms with van der Waals surface area (Å²) in [7, 11) is 1.11. The molecule has 1 aromatic rings. The Morgan fingerprint density at radius 3 is 2.44 bits per heavy atom. The van der Waals surface area contributed by atoms with Crippen LogP contribution in [0.15, 0.2) is 18.2 Å². The van der Waals surface area contributed by atoms with Gasteiger partial charge in [0, 0.05) is 4.92 Å². The smallest absolute Gasteiger partial charge is 0.382 e. The van der Waals surface area contributed by atoms with Gasteiger partial charge in [0.2, 0.25) is 0 Å². The maximum atomic E-state index is 11.4. The van der Waals surface area contributed by atoms with Gasteiger partial charge < -0.3 is 4.74 Å². The highest BCUT2D eigenvalue weighted by atomic mass is 35.5. The molecule has 0 fully saturated rings. The average Bonchev–Trinajstić information content (AvgIpc) is 2.32. The van der Waals surface area contributed by atoms with Crippen LogP contribution in [-0.2, 0) is 9.53 Å². The Labute approximate surface area is 114 Å². The van der Waals surface area contributed by atoms with E-state index in [-0.39, 0.29) is 5.02 Å². The van der Waals surface area contributed by atoms with Crippen molar-refractivity contribution in [3.05, 3.63) is 43.9 Å². The maximum Gasteiger partial charge on any atom is 0.382 e. The molecule has 98 valence electrons. The van der Waals surface area contributed by atoms with Crippen LogP contribution >= 0.6 is 23.2 Å². The number of hydrogen-bond acceptors (Lipinski definition) is 4. The van der Waals surface area contributed by atoms with Crippen LogP contribution in [-0.4, -0.2) is 24.0 Å². The van der Waals surface area contributed by atoms with Crippen molar-refractivity contribution < 1.29 is 14.5 Å². The molecule has 0 aliphatic carbocycles. The zero-order chi connectivity index (χ0) is 13.9. The summed E-state index contributed by atoms with van der Waals surface area (Å²) in [4.78, 5) is 21.6. The number of rotatable bonds is 4. The maximum absolute atomic E-state index is 11.4. The lowest BCUT2D eigenvalue weighted by Gasteiger charge is -2.15. The molecule has 0 spiro atoms. The number of nitro groups is 1. The Hall–Kier alpha value is -1.33. The third-order valence-corrected chi connectivity index (χ3v) is 3.35. The zero-order valence-electron chi connectivity index (χ0n) is 9.72. The Bertz CT molecular complexity index is 478. The second kappa shape index (κ2) is 6.02. The second-order valence-electron chi connectivity index (χ2n) is 3.72. The van der Waals surface area contributed by atoms with Crippen LogP contribution in [0.25, 0.3) is 0 Å². The van der Waals surface area contributed by atoms with Crippen LogP contribution in [0.2, 0.25) is 10.0 Å². The van der Waals surface area contributed by atoms with Crippen molar-refractivity contribution in [1.29, 1.82) is 0 Å². The van der Waals surface area contributed by atoms with E-state index in [0.717, 1.165) is 7.11 Å². The number of nitrogens with zero attached hydrogens (tertiary/aromatic N) is 1. The number of benzene rings is 1. The van der Waals surface area contributed by atoms with Crippen molar-refractivity contribution in [2.24, 2.45) is 0 Å². The van der Waals surface area contributed by atoms with Gasteiger partial charge in [0.05, 0.1) is 23.1 Å². The third-order valence-electron chi connectivity index (χ3n) is 2.61. The molecule has 0 N–H and O–H groups in total. The number of halogens is 2. The quantitative estimate of drug-likeness (QED) is 0.486. The van der Waals surface area contributed by atoms with E-state index < -0.39 is 22.9 Å². The summed E-state index contributed by atoms with van der Waals surface area (Å²) in [6.45, 7) is 1.56. The highest BCUT2D eigenvalue weighted by Crippen LogP contribution is 2.29. The molecule has 1 rings (SSSR count). The van der Waals surface area contributed by atoms with E-state index in [2.05, 4.69) is 4.74 Å². The van der Waals surface area contributed by atoms with Crippen molar-refractivity contribution in [2.75, 3.05) is 7.11 Å². The van der Waals surface area contributed by atoms with Gasteiger partial charge in [-0.3, -0.25) is 10.1 Å². The Morgan fingerprint density at radius 1 is 1.39 bits per heavy atom. The van der Waals surface area contributed by atoms with Gasteiger partial charge in [-0.25, -0.2) is 4.79 Å². The van der Waals surface area contributed by atoms with Crippen LogP contribution in [0.3, 0.4) is 0 Å². The number of carbonyl (C=O) groups is 1. The Kier molecular flexibility index (Phi) is 4.93. The summed E-state index contributed by atoms with van der Waals surface area (Å²) in [6, 6.07) is 3.17. The molecule has 0 heterocycles. The lowest BCUT2D eigenvalue weighted by Crippen LogP contribution is -2.35. The number of hydrogen-bond donors (Lipinski definition) is 0. The minimum atomic E-state index is -1.47. The molecular weight excluding hydrogens is 281 g/mol. The minimum absolute atomic E-state index is 0.285. The van der Waals surface area contributed by atoms with E-state index in [1.165, 1.54) is 12.1 Å². The molecule has 0 radical (unpaired) electrons. The molecule has 0 aliphatic rings. The minimum Gasteiger partial charge on any atom is -0.464 e. The summed E-state index contributed by atoms with van der Waals surface area (Å²) in [6.07, 6.45) is 0. The topological polar surface area (TPSA) is 69.4 Å². The molecule has 18 heavy (non-hydrogen) atoms. The largest absolute Gasteiger partial charge is 0.464 e. The molecule has 2 unspecified atom stereocenters. The van der Waals surface area contributed by atoms with E-state index in [1.54, 1.807) is 13.0 Å². The molecule has 1 aromatic carbocycles. The lowest BCUT2D eigenvalue weighted by molar-refractivity contribution is -0.513. The van der Waals surface area contributed by atoms with Gasteiger partial charge >= 0.3 is 12.0 Å². The number of ether oxygens (including phenoxy) is 1. The van der Waals surface area contributed by atoms with Crippen molar-refractivity contribution in [3.63, 3.8) is 0 Å². The van der Waals surface area contributed by atoms with E-state index >= 15 is 0 Å².